The maximum absolute atomic E-state index is 13.0. The van der Waals surface area contributed by atoms with Crippen LogP contribution in [-0.4, -0.2) is 60.3 Å². The van der Waals surface area contributed by atoms with Gasteiger partial charge in [0.1, 0.15) is 23.9 Å². The van der Waals surface area contributed by atoms with E-state index in [-0.39, 0.29) is 18.4 Å². The highest BCUT2D eigenvalue weighted by atomic mass is 19.3. The zero-order valence-corrected chi connectivity index (χ0v) is 18.1. The van der Waals surface area contributed by atoms with Gasteiger partial charge in [-0.2, -0.15) is 8.78 Å². The van der Waals surface area contributed by atoms with Gasteiger partial charge in [-0.1, -0.05) is 0 Å². The molecule has 0 saturated carbocycles. The first kappa shape index (κ1) is 22.8. The Hall–Kier alpha value is -2.88. The van der Waals surface area contributed by atoms with Gasteiger partial charge in [0.25, 0.3) is 0 Å². The molecule has 3 rings (SSSR count). The molecule has 31 heavy (non-hydrogen) atoms. The molecule has 0 spiro atoms. The van der Waals surface area contributed by atoms with Crippen molar-refractivity contribution in [2.24, 2.45) is 4.99 Å². The number of aromatic nitrogens is 2. The van der Waals surface area contributed by atoms with Gasteiger partial charge in [0.15, 0.2) is 5.96 Å². The largest absolute Gasteiger partial charge is 0.497 e. The maximum Gasteiger partial charge on any atom is 0.319 e. The van der Waals surface area contributed by atoms with Crippen LogP contribution in [0.5, 0.6) is 11.5 Å². The van der Waals surface area contributed by atoms with E-state index in [9.17, 15) is 8.78 Å². The fourth-order valence-electron chi connectivity index (χ4n) is 3.62. The molecule has 1 saturated heterocycles. The second kappa shape index (κ2) is 10.9. The molecule has 1 fully saturated rings. The standard InChI is InChI=1S/C21H30F2N6O2/c1-4-24-21(26-12-19-25-6-8-29(19)20(22)23)27-16-5-7-28(14-16)13-15-9-17(30-2)11-18(10-15)31-3/h6,8-11,16,20H,4-5,7,12-14H2,1-3H3,(H2,24,26,27). The van der Waals surface area contributed by atoms with Gasteiger partial charge < -0.3 is 20.1 Å². The SMILES string of the molecule is CCNC(=NCc1nccn1C(F)F)NC1CCN(Cc2cc(OC)cc(OC)c2)C1. The Balaban J connectivity index is 1.58. The van der Waals surface area contributed by atoms with Crippen LogP contribution in [0.2, 0.25) is 0 Å². The highest BCUT2D eigenvalue weighted by Crippen LogP contribution is 2.24. The number of ether oxygens (including phenoxy) is 2. The Kier molecular flexibility index (Phi) is 8.05. The molecule has 1 aliphatic heterocycles. The monoisotopic (exact) mass is 436 g/mol. The summed E-state index contributed by atoms with van der Waals surface area (Å²) in [5, 5.41) is 6.59. The number of benzene rings is 1. The predicted octanol–water partition coefficient (Wildman–Crippen LogP) is 2.63. The zero-order valence-electron chi connectivity index (χ0n) is 18.1. The number of aliphatic imine (C=N–C) groups is 1. The molecule has 0 aliphatic carbocycles. The van der Waals surface area contributed by atoms with Crippen LogP contribution in [0.1, 0.15) is 31.3 Å². The lowest BCUT2D eigenvalue weighted by Crippen LogP contribution is -2.44. The van der Waals surface area contributed by atoms with Gasteiger partial charge in [-0.05, 0) is 31.0 Å². The van der Waals surface area contributed by atoms with Crippen molar-refractivity contribution in [3.8, 4) is 11.5 Å². The maximum atomic E-state index is 13.0. The highest BCUT2D eigenvalue weighted by molar-refractivity contribution is 5.80. The second-order valence-corrected chi connectivity index (χ2v) is 7.31. The quantitative estimate of drug-likeness (QED) is 0.465. The molecule has 2 aromatic rings. The number of rotatable bonds is 9. The third-order valence-electron chi connectivity index (χ3n) is 5.11. The lowest BCUT2D eigenvalue weighted by molar-refractivity contribution is 0.0671. The number of nitrogens with one attached hydrogen (secondary N) is 2. The minimum Gasteiger partial charge on any atom is -0.497 e. The molecular formula is C21H30F2N6O2. The van der Waals surface area contributed by atoms with Crippen LogP contribution in [0, 0.1) is 0 Å². The zero-order chi connectivity index (χ0) is 22.2. The summed E-state index contributed by atoms with van der Waals surface area (Å²) in [6.07, 6.45) is 3.58. The van der Waals surface area contributed by atoms with Gasteiger partial charge >= 0.3 is 6.55 Å². The molecule has 1 atom stereocenters. The molecule has 1 aromatic carbocycles. The normalized spacial score (nSPS) is 17.2. The van der Waals surface area contributed by atoms with Crippen molar-refractivity contribution in [2.75, 3.05) is 33.9 Å². The smallest absolute Gasteiger partial charge is 0.319 e. The number of nitrogens with zero attached hydrogens (tertiary/aromatic N) is 4. The predicted molar refractivity (Wildman–Crippen MR) is 115 cm³/mol. The molecule has 1 aliphatic rings. The third kappa shape index (κ3) is 6.30. The summed E-state index contributed by atoms with van der Waals surface area (Å²) in [7, 11) is 3.29. The number of guanidine groups is 1. The average Bonchev–Trinajstić information content (AvgIpc) is 3.41. The average molecular weight is 437 g/mol. The van der Waals surface area contributed by atoms with Crippen LogP contribution in [0.15, 0.2) is 35.6 Å². The molecule has 1 aromatic heterocycles. The molecule has 0 bridgehead atoms. The van der Waals surface area contributed by atoms with E-state index in [0.29, 0.717) is 12.5 Å². The van der Waals surface area contributed by atoms with Gasteiger partial charge in [-0.15, -0.1) is 0 Å². The summed E-state index contributed by atoms with van der Waals surface area (Å²) in [5.74, 6) is 2.37. The lowest BCUT2D eigenvalue weighted by Gasteiger charge is -2.19. The van der Waals surface area contributed by atoms with E-state index >= 15 is 0 Å². The van der Waals surface area contributed by atoms with Crippen LogP contribution in [-0.2, 0) is 13.1 Å². The number of hydrogen-bond donors (Lipinski definition) is 2. The first-order valence-electron chi connectivity index (χ1n) is 10.3. The fraction of sp³-hybridized carbons (Fsp3) is 0.524. The van der Waals surface area contributed by atoms with Gasteiger partial charge in [0.05, 0.1) is 14.2 Å². The molecule has 8 nitrogen and oxygen atoms in total. The van der Waals surface area contributed by atoms with Crippen LogP contribution < -0.4 is 20.1 Å². The summed E-state index contributed by atoms with van der Waals surface area (Å²) in [6.45, 7) is 2.66. The Morgan fingerprint density at radius 1 is 1.26 bits per heavy atom. The molecule has 0 amide bonds. The summed E-state index contributed by atoms with van der Waals surface area (Å²) in [4.78, 5) is 10.8. The summed E-state index contributed by atoms with van der Waals surface area (Å²) in [6, 6.07) is 6.09. The van der Waals surface area contributed by atoms with Crippen LogP contribution in [0.3, 0.4) is 0 Å². The molecular weight excluding hydrogens is 406 g/mol. The minimum atomic E-state index is -2.62. The molecule has 170 valence electrons. The van der Waals surface area contributed by atoms with Crippen LogP contribution in [0.25, 0.3) is 0 Å². The van der Waals surface area contributed by atoms with Crippen molar-refractivity contribution in [1.82, 2.24) is 25.1 Å². The lowest BCUT2D eigenvalue weighted by atomic mass is 10.2. The number of alkyl halides is 2. The molecule has 2 N–H and O–H groups in total. The fourth-order valence-corrected chi connectivity index (χ4v) is 3.62. The van der Waals surface area contributed by atoms with Gasteiger partial charge in [0.2, 0.25) is 0 Å². The van der Waals surface area contributed by atoms with Crippen LogP contribution >= 0.6 is 0 Å². The van der Waals surface area contributed by atoms with E-state index in [1.807, 2.05) is 25.1 Å². The second-order valence-electron chi connectivity index (χ2n) is 7.31. The van der Waals surface area contributed by atoms with Crippen molar-refractivity contribution in [1.29, 1.82) is 0 Å². The van der Waals surface area contributed by atoms with Crippen molar-refractivity contribution in [2.45, 2.75) is 39.0 Å². The first-order valence-corrected chi connectivity index (χ1v) is 10.3. The first-order chi connectivity index (χ1) is 15.0. The minimum absolute atomic E-state index is 0.0761. The van der Waals surface area contributed by atoms with Gasteiger partial charge in [0, 0.05) is 50.7 Å². The number of likely N-dealkylation sites (tertiary alicyclic amines) is 1. The summed E-state index contributed by atoms with van der Waals surface area (Å²) in [5.41, 5.74) is 1.12. The summed E-state index contributed by atoms with van der Waals surface area (Å²) < 4.78 is 37.5. The number of hydrogen-bond acceptors (Lipinski definition) is 5. The van der Waals surface area contributed by atoms with E-state index < -0.39 is 6.55 Å². The van der Waals surface area contributed by atoms with Crippen molar-refractivity contribution in [3.05, 3.63) is 42.0 Å². The Morgan fingerprint density at radius 2 is 2.00 bits per heavy atom. The van der Waals surface area contributed by atoms with E-state index in [4.69, 9.17) is 9.47 Å². The van der Waals surface area contributed by atoms with Gasteiger partial charge in [-0.25, -0.2) is 9.98 Å². The highest BCUT2D eigenvalue weighted by Gasteiger charge is 2.23. The Bertz CT molecular complexity index is 851. The van der Waals surface area contributed by atoms with Crippen molar-refractivity contribution < 1.29 is 18.3 Å². The molecule has 0 radical (unpaired) electrons. The molecule has 10 heteroatoms. The van der Waals surface area contributed by atoms with Gasteiger partial charge in [-0.3, -0.25) is 9.47 Å². The van der Waals surface area contributed by atoms with E-state index in [1.54, 1.807) is 14.2 Å². The van der Waals surface area contributed by atoms with E-state index in [2.05, 4.69) is 25.5 Å². The Labute approximate surface area is 181 Å². The van der Waals surface area contributed by atoms with Crippen molar-refractivity contribution >= 4 is 5.96 Å². The number of methoxy groups -OCH3 is 2. The molecule has 2 heterocycles. The van der Waals surface area contributed by atoms with E-state index in [0.717, 1.165) is 47.7 Å². The third-order valence-corrected chi connectivity index (χ3v) is 5.11. The summed E-state index contributed by atoms with van der Waals surface area (Å²) >= 11 is 0. The van der Waals surface area contributed by atoms with E-state index in [1.165, 1.54) is 12.4 Å². The topological polar surface area (TPSA) is 75.9 Å². The molecule has 1 unspecified atom stereocenters. The van der Waals surface area contributed by atoms with Crippen LogP contribution in [0.4, 0.5) is 8.78 Å². The van der Waals surface area contributed by atoms with Crippen molar-refractivity contribution in [3.63, 3.8) is 0 Å². The Morgan fingerprint density at radius 3 is 2.65 bits per heavy atom. The number of imidazole rings is 1. The number of halogens is 2.